The lowest BCUT2D eigenvalue weighted by Crippen LogP contribution is -2.27. The zero-order valence-electron chi connectivity index (χ0n) is 9.62. The second kappa shape index (κ2) is 5.41. The van der Waals surface area contributed by atoms with Gasteiger partial charge in [0.1, 0.15) is 16.9 Å². The van der Waals surface area contributed by atoms with Gasteiger partial charge < -0.3 is 9.84 Å². The van der Waals surface area contributed by atoms with E-state index in [1.165, 1.54) is 35.1 Å². The Bertz CT molecular complexity index is 511. The summed E-state index contributed by atoms with van der Waals surface area (Å²) in [6, 6.07) is 6.31. The number of phenols is 1. The molecule has 1 aliphatic heterocycles. The molecule has 1 aliphatic rings. The van der Waals surface area contributed by atoms with Gasteiger partial charge in [0, 0.05) is 0 Å². The number of thiocarbonyl (C=S) groups is 1. The molecule has 2 rings (SSSR count). The standard InChI is InChI=1S/C12H11NO3S2/c1-2-16-7-10-11(15)13(12(17)18-10)8-3-5-9(14)6-4-8/h3-7,14H,2H2,1H3/b10-7+. The molecule has 0 bridgehead atoms. The summed E-state index contributed by atoms with van der Waals surface area (Å²) in [4.78, 5) is 14.0. The summed E-state index contributed by atoms with van der Waals surface area (Å²) in [6.07, 6.45) is 1.43. The first-order chi connectivity index (χ1) is 8.63. The second-order valence-electron chi connectivity index (χ2n) is 3.46. The molecular weight excluding hydrogens is 270 g/mol. The molecule has 1 fully saturated rings. The average Bonchev–Trinajstić information content (AvgIpc) is 2.63. The molecule has 0 radical (unpaired) electrons. The summed E-state index contributed by atoms with van der Waals surface area (Å²) in [5.74, 6) is -0.0572. The first-order valence-corrected chi connectivity index (χ1v) is 6.53. The third-order valence-electron chi connectivity index (χ3n) is 2.26. The smallest absolute Gasteiger partial charge is 0.273 e. The topological polar surface area (TPSA) is 49.8 Å². The minimum atomic E-state index is -0.205. The summed E-state index contributed by atoms with van der Waals surface area (Å²) in [5, 5.41) is 9.23. The van der Waals surface area contributed by atoms with Crippen molar-refractivity contribution >= 4 is 39.9 Å². The molecule has 94 valence electrons. The summed E-state index contributed by atoms with van der Waals surface area (Å²) >= 11 is 6.37. The number of benzene rings is 1. The van der Waals surface area contributed by atoms with Gasteiger partial charge in [0.25, 0.3) is 5.91 Å². The van der Waals surface area contributed by atoms with E-state index in [4.69, 9.17) is 17.0 Å². The lowest BCUT2D eigenvalue weighted by atomic mass is 10.3. The van der Waals surface area contributed by atoms with E-state index in [2.05, 4.69) is 0 Å². The summed E-state index contributed by atoms with van der Waals surface area (Å²) < 4.78 is 5.56. The highest BCUT2D eigenvalue weighted by atomic mass is 32.2. The molecule has 0 atom stereocenters. The third-order valence-corrected chi connectivity index (χ3v) is 3.54. The molecule has 1 N–H and O–H groups in total. The Morgan fingerprint density at radius 3 is 2.72 bits per heavy atom. The van der Waals surface area contributed by atoms with E-state index in [9.17, 15) is 9.90 Å². The zero-order valence-corrected chi connectivity index (χ0v) is 11.3. The molecule has 0 spiro atoms. The Morgan fingerprint density at radius 1 is 1.44 bits per heavy atom. The number of hydrogen-bond donors (Lipinski definition) is 1. The molecule has 1 saturated heterocycles. The average molecular weight is 281 g/mol. The number of thioether (sulfide) groups is 1. The van der Waals surface area contributed by atoms with Gasteiger partial charge in [0.2, 0.25) is 0 Å². The van der Waals surface area contributed by atoms with E-state index >= 15 is 0 Å². The van der Waals surface area contributed by atoms with Crippen molar-refractivity contribution in [2.24, 2.45) is 0 Å². The fourth-order valence-electron chi connectivity index (χ4n) is 1.43. The van der Waals surface area contributed by atoms with E-state index < -0.39 is 0 Å². The SMILES string of the molecule is CCO/C=C1/SC(=S)N(c2ccc(O)cc2)C1=O. The molecule has 6 heteroatoms. The molecule has 18 heavy (non-hydrogen) atoms. The fourth-order valence-corrected chi connectivity index (χ4v) is 2.65. The van der Waals surface area contributed by atoms with Crippen molar-refractivity contribution in [2.75, 3.05) is 11.5 Å². The summed E-state index contributed by atoms with van der Waals surface area (Å²) in [5.41, 5.74) is 0.634. The lowest BCUT2D eigenvalue weighted by molar-refractivity contribution is -0.113. The van der Waals surface area contributed by atoms with Crippen molar-refractivity contribution in [1.29, 1.82) is 0 Å². The van der Waals surface area contributed by atoms with E-state index in [0.717, 1.165) is 0 Å². The summed E-state index contributed by atoms with van der Waals surface area (Å²) in [6.45, 7) is 2.35. The van der Waals surface area contributed by atoms with Crippen LogP contribution in [-0.4, -0.2) is 21.9 Å². The lowest BCUT2D eigenvalue weighted by Gasteiger charge is -2.14. The van der Waals surface area contributed by atoms with Gasteiger partial charge in [-0.05, 0) is 31.2 Å². The summed E-state index contributed by atoms with van der Waals surface area (Å²) in [7, 11) is 0. The van der Waals surface area contributed by atoms with E-state index in [1.807, 2.05) is 6.92 Å². The number of nitrogens with zero attached hydrogens (tertiary/aromatic N) is 1. The van der Waals surface area contributed by atoms with Gasteiger partial charge in [0.15, 0.2) is 4.32 Å². The third kappa shape index (κ3) is 2.49. The van der Waals surface area contributed by atoms with Gasteiger partial charge in [-0.2, -0.15) is 0 Å². The Balaban J connectivity index is 2.27. The largest absolute Gasteiger partial charge is 0.508 e. The predicted octanol–water partition coefficient (Wildman–Crippen LogP) is 2.63. The molecule has 0 unspecified atom stereocenters. The molecule has 0 aliphatic carbocycles. The maximum Gasteiger partial charge on any atom is 0.273 e. The van der Waals surface area contributed by atoms with Gasteiger partial charge in [-0.25, -0.2) is 0 Å². The molecule has 0 aromatic heterocycles. The highest BCUT2D eigenvalue weighted by Crippen LogP contribution is 2.35. The second-order valence-corrected chi connectivity index (χ2v) is 5.14. The predicted molar refractivity (Wildman–Crippen MR) is 75.5 cm³/mol. The number of amides is 1. The van der Waals surface area contributed by atoms with Gasteiger partial charge in [0.05, 0.1) is 12.3 Å². The van der Waals surface area contributed by atoms with Crippen molar-refractivity contribution in [2.45, 2.75) is 6.92 Å². The van der Waals surface area contributed by atoms with Crippen molar-refractivity contribution in [3.63, 3.8) is 0 Å². The number of rotatable bonds is 3. The van der Waals surface area contributed by atoms with Crippen LogP contribution in [0.5, 0.6) is 5.75 Å². The van der Waals surface area contributed by atoms with Gasteiger partial charge in [-0.3, -0.25) is 9.69 Å². The molecule has 4 nitrogen and oxygen atoms in total. The van der Waals surface area contributed by atoms with Crippen LogP contribution in [0.2, 0.25) is 0 Å². The monoisotopic (exact) mass is 281 g/mol. The Labute approximate surface area is 114 Å². The molecular formula is C12H11NO3S2. The molecule has 1 aromatic carbocycles. The van der Waals surface area contributed by atoms with E-state index in [-0.39, 0.29) is 11.7 Å². The Hall–Kier alpha value is -1.53. The molecule has 1 heterocycles. The number of carbonyl (C=O) groups is 1. The first-order valence-electron chi connectivity index (χ1n) is 5.30. The number of anilines is 1. The van der Waals surface area contributed by atoms with Crippen molar-refractivity contribution in [1.82, 2.24) is 0 Å². The van der Waals surface area contributed by atoms with Crippen LogP contribution in [-0.2, 0) is 9.53 Å². The van der Waals surface area contributed by atoms with Crippen LogP contribution >= 0.6 is 24.0 Å². The number of phenolic OH excluding ortho intramolecular Hbond substituents is 1. The van der Waals surface area contributed by atoms with Crippen LogP contribution in [0.4, 0.5) is 5.69 Å². The minimum absolute atomic E-state index is 0.147. The minimum Gasteiger partial charge on any atom is -0.508 e. The Morgan fingerprint density at radius 2 is 2.11 bits per heavy atom. The normalized spacial score (nSPS) is 17.6. The van der Waals surface area contributed by atoms with Crippen LogP contribution in [0, 0.1) is 0 Å². The quantitative estimate of drug-likeness (QED) is 0.524. The highest BCUT2D eigenvalue weighted by Gasteiger charge is 2.33. The maximum atomic E-state index is 12.1. The number of carbonyl (C=O) groups excluding carboxylic acids is 1. The maximum absolute atomic E-state index is 12.1. The number of aromatic hydroxyl groups is 1. The van der Waals surface area contributed by atoms with Gasteiger partial charge in [-0.1, -0.05) is 24.0 Å². The number of hydrogen-bond acceptors (Lipinski definition) is 5. The van der Waals surface area contributed by atoms with Crippen LogP contribution in [0.25, 0.3) is 0 Å². The number of ether oxygens (including phenoxy) is 1. The van der Waals surface area contributed by atoms with Crippen LogP contribution in [0.1, 0.15) is 6.92 Å². The molecule has 1 aromatic rings. The van der Waals surface area contributed by atoms with Gasteiger partial charge >= 0.3 is 0 Å². The fraction of sp³-hybridized carbons (Fsp3) is 0.167. The van der Waals surface area contributed by atoms with Crippen molar-refractivity contribution in [3.05, 3.63) is 35.4 Å². The van der Waals surface area contributed by atoms with E-state index in [0.29, 0.717) is 21.5 Å². The van der Waals surface area contributed by atoms with Crippen molar-refractivity contribution < 1.29 is 14.6 Å². The van der Waals surface area contributed by atoms with E-state index in [1.54, 1.807) is 12.1 Å². The van der Waals surface area contributed by atoms with Crippen molar-refractivity contribution in [3.8, 4) is 5.75 Å². The first kappa shape index (κ1) is 12.9. The van der Waals surface area contributed by atoms with Crippen LogP contribution in [0.3, 0.4) is 0 Å². The molecule has 0 saturated carbocycles. The van der Waals surface area contributed by atoms with Crippen LogP contribution in [0.15, 0.2) is 35.4 Å². The Kier molecular flexibility index (Phi) is 3.88. The molecule has 1 amide bonds. The van der Waals surface area contributed by atoms with Crippen LogP contribution < -0.4 is 4.90 Å². The van der Waals surface area contributed by atoms with Gasteiger partial charge in [-0.15, -0.1) is 0 Å². The zero-order chi connectivity index (χ0) is 13.1. The highest BCUT2D eigenvalue weighted by molar-refractivity contribution is 8.27.